The van der Waals surface area contributed by atoms with Gasteiger partial charge < -0.3 is 4.74 Å². The number of rotatable bonds is 6. The minimum absolute atomic E-state index is 0.0187. The van der Waals surface area contributed by atoms with Crippen LogP contribution in [-0.4, -0.2) is 35.2 Å². The highest BCUT2D eigenvalue weighted by molar-refractivity contribution is 8.18. The number of thioether (sulfide) groups is 1. The van der Waals surface area contributed by atoms with Gasteiger partial charge in [-0.25, -0.2) is 4.99 Å². The van der Waals surface area contributed by atoms with Crippen molar-refractivity contribution in [3.8, 4) is 0 Å². The van der Waals surface area contributed by atoms with E-state index in [1.54, 1.807) is 16.7 Å². The summed E-state index contributed by atoms with van der Waals surface area (Å²) in [5.41, 5.74) is 1.81. The molecule has 0 radical (unpaired) electrons. The fourth-order valence-corrected chi connectivity index (χ4v) is 5.73. The van der Waals surface area contributed by atoms with Gasteiger partial charge in [-0.15, -0.1) is 0 Å². The molecule has 0 saturated carbocycles. The Morgan fingerprint density at radius 1 is 1.03 bits per heavy atom. The van der Waals surface area contributed by atoms with Gasteiger partial charge in [-0.05, 0) is 84.8 Å². The number of hydrogen-bond donors (Lipinski definition) is 0. The number of para-hydroxylation sites is 1. The summed E-state index contributed by atoms with van der Waals surface area (Å²) in [5.74, 6) is -0.0187. The number of amidine groups is 1. The van der Waals surface area contributed by atoms with Crippen LogP contribution < -0.4 is 0 Å². The van der Waals surface area contributed by atoms with Crippen LogP contribution in [0.5, 0.6) is 0 Å². The van der Waals surface area contributed by atoms with E-state index in [0.717, 1.165) is 45.5 Å². The van der Waals surface area contributed by atoms with Gasteiger partial charge in [0.1, 0.15) is 0 Å². The first-order valence-electron chi connectivity index (χ1n) is 11.1. The zero-order valence-corrected chi connectivity index (χ0v) is 20.8. The van der Waals surface area contributed by atoms with Gasteiger partial charge in [-0.2, -0.15) is 0 Å². The molecule has 0 aromatic heterocycles. The maximum Gasteiger partial charge on any atom is 0.266 e. The Hall–Kier alpha value is -2.51. The van der Waals surface area contributed by atoms with Crippen molar-refractivity contribution in [3.05, 3.63) is 94.4 Å². The van der Waals surface area contributed by atoms with Gasteiger partial charge in [0.2, 0.25) is 0 Å². The lowest BCUT2D eigenvalue weighted by Crippen LogP contribution is -2.36. The van der Waals surface area contributed by atoms with Gasteiger partial charge in [-0.1, -0.05) is 53.7 Å². The molecule has 1 atom stereocenters. The van der Waals surface area contributed by atoms with Crippen molar-refractivity contribution in [1.82, 2.24) is 4.90 Å². The first kappa shape index (κ1) is 23.2. The molecule has 5 rings (SSSR count). The van der Waals surface area contributed by atoms with Crippen molar-refractivity contribution < 1.29 is 9.53 Å². The van der Waals surface area contributed by atoms with Crippen molar-refractivity contribution in [2.45, 2.75) is 28.7 Å². The number of carbonyl (C=O) groups is 1. The van der Waals surface area contributed by atoms with Crippen molar-refractivity contribution in [1.29, 1.82) is 0 Å². The Morgan fingerprint density at radius 2 is 1.74 bits per heavy atom. The zero-order valence-electron chi connectivity index (χ0n) is 18.4. The number of nitrogens with zero attached hydrogens (tertiary/aromatic N) is 2. The van der Waals surface area contributed by atoms with Gasteiger partial charge in [0.05, 0.1) is 23.2 Å². The molecule has 172 valence electrons. The van der Waals surface area contributed by atoms with Crippen molar-refractivity contribution in [2.75, 3.05) is 13.2 Å². The lowest BCUT2D eigenvalue weighted by Gasteiger charge is -2.19. The zero-order chi connectivity index (χ0) is 23.3. The molecule has 0 spiro atoms. The van der Waals surface area contributed by atoms with Crippen LogP contribution in [0.4, 0.5) is 5.69 Å². The van der Waals surface area contributed by atoms with Gasteiger partial charge in [0.25, 0.3) is 5.91 Å². The Labute approximate surface area is 213 Å². The maximum absolute atomic E-state index is 13.3. The Balaban J connectivity index is 1.35. The number of benzene rings is 3. The second-order valence-corrected chi connectivity index (χ2v) is 10.6. The fourth-order valence-electron chi connectivity index (χ4n) is 3.78. The molecule has 2 heterocycles. The van der Waals surface area contributed by atoms with E-state index in [1.165, 1.54) is 11.8 Å². The maximum atomic E-state index is 13.3. The molecular formula is C27H23ClN2O2S2. The molecule has 4 nitrogen and oxygen atoms in total. The summed E-state index contributed by atoms with van der Waals surface area (Å²) in [4.78, 5) is 22.8. The minimum atomic E-state index is -0.0187. The first-order valence-corrected chi connectivity index (χ1v) is 13.2. The van der Waals surface area contributed by atoms with E-state index in [0.29, 0.717) is 16.6 Å². The summed E-state index contributed by atoms with van der Waals surface area (Å²) < 4.78 is 5.80. The van der Waals surface area contributed by atoms with E-state index in [2.05, 4.69) is 12.1 Å². The molecule has 2 aliphatic heterocycles. The Kier molecular flexibility index (Phi) is 7.40. The van der Waals surface area contributed by atoms with Crippen LogP contribution in [0.2, 0.25) is 5.02 Å². The Bertz CT molecular complexity index is 1210. The van der Waals surface area contributed by atoms with Crippen LogP contribution in [0, 0.1) is 0 Å². The summed E-state index contributed by atoms with van der Waals surface area (Å²) in [6.07, 6.45) is 4.02. The predicted octanol–water partition coefficient (Wildman–Crippen LogP) is 7.27. The Morgan fingerprint density at radius 3 is 2.41 bits per heavy atom. The summed E-state index contributed by atoms with van der Waals surface area (Å²) in [7, 11) is 0. The molecule has 3 aromatic rings. The first-order chi connectivity index (χ1) is 16.6. The summed E-state index contributed by atoms with van der Waals surface area (Å²) in [6, 6.07) is 25.8. The number of halogens is 1. The predicted molar refractivity (Wildman–Crippen MR) is 142 cm³/mol. The second kappa shape index (κ2) is 10.8. The summed E-state index contributed by atoms with van der Waals surface area (Å²) >= 11 is 9.07. The van der Waals surface area contributed by atoms with Crippen LogP contribution in [0.3, 0.4) is 0 Å². The highest BCUT2D eigenvalue weighted by Gasteiger charge is 2.35. The third kappa shape index (κ3) is 5.76. The molecule has 0 aliphatic carbocycles. The smallest absolute Gasteiger partial charge is 0.266 e. The molecule has 34 heavy (non-hydrogen) atoms. The molecule has 0 bridgehead atoms. The molecular weight excluding hydrogens is 484 g/mol. The lowest BCUT2D eigenvalue weighted by atomic mass is 10.2. The normalized spacial score (nSPS) is 20.6. The SMILES string of the molecule is O=C1C(=Cc2ccc(Sc3ccc(Cl)cc3)cc2)SC(=Nc2ccccc2)N1CC1CCCO1. The number of hydrogen-bond acceptors (Lipinski definition) is 5. The van der Waals surface area contributed by atoms with E-state index in [-0.39, 0.29) is 12.0 Å². The summed E-state index contributed by atoms with van der Waals surface area (Å²) in [5, 5.41) is 1.43. The van der Waals surface area contributed by atoms with Crippen LogP contribution in [-0.2, 0) is 9.53 Å². The molecule has 2 saturated heterocycles. The van der Waals surface area contributed by atoms with E-state index in [9.17, 15) is 4.79 Å². The van der Waals surface area contributed by atoms with E-state index in [1.807, 2.05) is 72.8 Å². The van der Waals surface area contributed by atoms with Gasteiger partial charge in [-0.3, -0.25) is 9.69 Å². The average Bonchev–Trinajstić information content (AvgIpc) is 3.47. The topological polar surface area (TPSA) is 41.9 Å². The molecule has 2 aliphatic rings. The number of aliphatic imine (C=N–C) groups is 1. The van der Waals surface area contributed by atoms with Gasteiger partial charge in [0.15, 0.2) is 5.17 Å². The number of carbonyl (C=O) groups excluding carboxylic acids is 1. The van der Waals surface area contributed by atoms with Gasteiger partial charge >= 0.3 is 0 Å². The third-order valence-corrected chi connectivity index (χ3v) is 7.78. The molecule has 3 aromatic carbocycles. The molecule has 1 unspecified atom stereocenters. The highest BCUT2D eigenvalue weighted by Crippen LogP contribution is 2.35. The lowest BCUT2D eigenvalue weighted by molar-refractivity contribution is -0.123. The van der Waals surface area contributed by atoms with E-state index >= 15 is 0 Å². The van der Waals surface area contributed by atoms with Crippen LogP contribution >= 0.6 is 35.1 Å². The van der Waals surface area contributed by atoms with Crippen LogP contribution in [0.25, 0.3) is 6.08 Å². The fraction of sp³-hybridized carbons (Fsp3) is 0.185. The standard InChI is InChI=1S/C27H23ClN2O2S2/c28-20-10-14-24(15-11-20)33-23-12-8-19(9-13-23)17-25-26(31)30(18-22-7-4-16-32-22)27(34-25)29-21-5-2-1-3-6-21/h1-3,5-6,8-15,17,22H,4,7,16,18H2. The monoisotopic (exact) mass is 506 g/mol. The second-order valence-electron chi connectivity index (χ2n) is 8.02. The highest BCUT2D eigenvalue weighted by atomic mass is 35.5. The molecule has 7 heteroatoms. The third-order valence-electron chi connectivity index (χ3n) is 5.51. The quantitative estimate of drug-likeness (QED) is 0.329. The molecule has 0 N–H and O–H groups in total. The largest absolute Gasteiger partial charge is 0.376 e. The van der Waals surface area contributed by atoms with Gasteiger partial charge in [0, 0.05) is 21.4 Å². The summed E-state index contributed by atoms with van der Waals surface area (Å²) in [6.45, 7) is 1.29. The van der Waals surface area contributed by atoms with Crippen LogP contribution in [0.1, 0.15) is 18.4 Å². The van der Waals surface area contributed by atoms with Crippen molar-refractivity contribution >= 4 is 58.0 Å². The molecule has 2 fully saturated rings. The van der Waals surface area contributed by atoms with Crippen LogP contribution in [0.15, 0.2) is 98.6 Å². The average molecular weight is 507 g/mol. The minimum Gasteiger partial charge on any atom is -0.376 e. The molecule has 1 amide bonds. The van der Waals surface area contributed by atoms with Crippen molar-refractivity contribution in [2.24, 2.45) is 4.99 Å². The van der Waals surface area contributed by atoms with E-state index in [4.69, 9.17) is 21.3 Å². The number of amides is 1. The van der Waals surface area contributed by atoms with Crippen molar-refractivity contribution in [3.63, 3.8) is 0 Å². The van der Waals surface area contributed by atoms with E-state index < -0.39 is 0 Å². The number of ether oxygens (including phenoxy) is 1.